The number of rotatable bonds is 10. The van der Waals surface area contributed by atoms with Crippen molar-refractivity contribution in [2.24, 2.45) is 0 Å². The summed E-state index contributed by atoms with van der Waals surface area (Å²) in [4.78, 5) is 10.3. The molecule has 1 unspecified atom stereocenters. The molecule has 0 aliphatic carbocycles. The molecule has 0 saturated carbocycles. The van der Waals surface area contributed by atoms with Crippen molar-refractivity contribution >= 4 is 11.0 Å². The van der Waals surface area contributed by atoms with E-state index in [-0.39, 0.29) is 73.8 Å². The first-order chi connectivity index (χ1) is 30.9. The van der Waals surface area contributed by atoms with Crippen molar-refractivity contribution in [2.75, 3.05) is 0 Å². The van der Waals surface area contributed by atoms with Crippen LogP contribution in [0, 0.1) is 6.07 Å². The van der Waals surface area contributed by atoms with Gasteiger partial charge in [0, 0.05) is 38.5 Å². The Kier molecular flexibility index (Phi) is 10.9. The number of aromatic hydroxyl groups is 1. The number of fused-ring (bicyclic) bond motifs is 1. The van der Waals surface area contributed by atoms with E-state index in [1.165, 1.54) is 5.56 Å². The van der Waals surface area contributed by atoms with E-state index in [0.717, 1.165) is 62.1 Å². The average molecular weight is 987 g/mol. The molecule has 6 aromatic carbocycles. The third-order valence-electron chi connectivity index (χ3n) is 11.8. The van der Waals surface area contributed by atoms with Gasteiger partial charge in [0.05, 0.1) is 29.1 Å². The van der Waals surface area contributed by atoms with Gasteiger partial charge in [-0.2, -0.15) is 0 Å². The van der Waals surface area contributed by atoms with E-state index in [1.807, 2.05) is 12.1 Å². The van der Waals surface area contributed by atoms with Crippen molar-refractivity contribution < 1.29 is 33.0 Å². The summed E-state index contributed by atoms with van der Waals surface area (Å²) < 4.78 is 44.4. The van der Waals surface area contributed by atoms with E-state index in [4.69, 9.17) is 16.8 Å². The molecular weight excluding hydrogens is 926 g/mol. The van der Waals surface area contributed by atoms with Crippen LogP contribution >= 0.6 is 0 Å². The van der Waals surface area contributed by atoms with Crippen molar-refractivity contribution in [2.45, 2.75) is 91.9 Å². The fourth-order valence-corrected chi connectivity index (χ4v) is 7.92. The van der Waals surface area contributed by atoms with Crippen LogP contribution in [0.25, 0.3) is 72.7 Å². The largest absolute Gasteiger partial charge is 0.507 e. The molecule has 1 N–H and O–H groups in total. The van der Waals surface area contributed by atoms with E-state index in [9.17, 15) is 5.11 Å². The molecule has 5 heteroatoms. The van der Waals surface area contributed by atoms with Crippen LogP contribution in [0.2, 0.25) is 0 Å². The standard InChI is InChI=1S/C56H56N3O.Pt/c1-10-37(6)40-24-25-51(48(31-40)39-20-15-12-16-21-39)59-52-23-17-22-46(53(52)58-55(59)49-33-42(35(2)3)32-47(36(4)5)54(49)60)43-28-44(30-45(29-43)56(7,8)9)50-34-41(26-27-57-50)38-18-13-11-14-19-38;/h11-27,29-37,60H,10H2,1-9H3;/q-1;/i11D,13D,14D,18D,19D;. The molecule has 8 rings (SSSR count). The molecular formula is C56H56N3OPt-. The minimum absolute atomic E-state index is 0. The second kappa shape index (κ2) is 17.8. The van der Waals surface area contributed by atoms with Gasteiger partial charge in [0.1, 0.15) is 11.6 Å². The average Bonchev–Trinajstić information content (AvgIpc) is 3.69. The van der Waals surface area contributed by atoms with Crippen molar-refractivity contribution in [3.05, 3.63) is 168 Å². The quantitative estimate of drug-likeness (QED) is 0.139. The maximum absolute atomic E-state index is 12.3. The van der Waals surface area contributed by atoms with Crippen LogP contribution in [0.4, 0.5) is 0 Å². The molecule has 312 valence electrons. The van der Waals surface area contributed by atoms with Crippen molar-refractivity contribution in [1.29, 1.82) is 0 Å². The van der Waals surface area contributed by atoms with Gasteiger partial charge >= 0.3 is 0 Å². The number of pyridine rings is 1. The zero-order chi connectivity index (χ0) is 46.6. The van der Waals surface area contributed by atoms with Gasteiger partial charge in [-0.3, -0.25) is 9.55 Å². The van der Waals surface area contributed by atoms with Gasteiger partial charge < -0.3 is 5.11 Å². The predicted octanol–water partition coefficient (Wildman–Crippen LogP) is 15.3. The SMILES string of the molecule is [2H]c1c([2H])c([2H])c(-c2ccnc(-c3[c-]c(-c4cccc5c4nc(-c4cc(C(C)C)cc(C(C)C)c4O)n5-c4ccc(C(C)CC)cc4-c4ccccc4)cc(C(C)(C)C)c3)c2)c([2H])c1[2H].[Pt]. The molecule has 0 aliphatic heterocycles. The number of nitrogens with zero attached hydrogens (tertiary/aromatic N) is 3. The molecule has 0 spiro atoms. The normalized spacial score (nSPS) is 13.4. The molecule has 8 aromatic rings. The van der Waals surface area contributed by atoms with E-state index in [0.29, 0.717) is 34.1 Å². The van der Waals surface area contributed by atoms with Gasteiger partial charge in [0.2, 0.25) is 0 Å². The van der Waals surface area contributed by atoms with Gasteiger partial charge in [0.15, 0.2) is 0 Å². The third kappa shape index (κ3) is 8.66. The Morgan fingerprint density at radius 2 is 1.43 bits per heavy atom. The zero-order valence-corrected chi connectivity index (χ0v) is 38.7. The van der Waals surface area contributed by atoms with Crippen molar-refractivity contribution in [3.8, 4) is 67.5 Å². The summed E-state index contributed by atoms with van der Waals surface area (Å²) in [5.41, 5.74) is 12.8. The van der Waals surface area contributed by atoms with Crippen molar-refractivity contribution in [3.63, 3.8) is 0 Å². The molecule has 0 saturated heterocycles. The van der Waals surface area contributed by atoms with Gasteiger partial charge in [-0.05, 0) is 93.3 Å². The van der Waals surface area contributed by atoms with E-state index < -0.39 is 6.04 Å². The molecule has 0 radical (unpaired) electrons. The fraction of sp³-hybridized carbons (Fsp3) is 0.250. The Hall–Kier alpha value is -5.57. The van der Waals surface area contributed by atoms with E-state index in [2.05, 4.69) is 152 Å². The smallest absolute Gasteiger partial charge is 0.148 e. The predicted molar refractivity (Wildman–Crippen MR) is 252 cm³/mol. The summed E-state index contributed by atoms with van der Waals surface area (Å²) in [5, 5.41) is 12.3. The summed E-state index contributed by atoms with van der Waals surface area (Å²) in [5.74, 6) is 1.47. The topological polar surface area (TPSA) is 50.9 Å². The van der Waals surface area contributed by atoms with Crippen LogP contribution in [-0.2, 0) is 26.5 Å². The number of phenolic OH excluding ortho intramolecular Hbond substituents is 1. The molecule has 4 nitrogen and oxygen atoms in total. The molecule has 1 atom stereocenters. The van der Waals surface area contributed by atoms with Gasteiger partial charge in [0.25, 0.3) is 0 Å². The van der Waals surface area contributed by atoms with Crippen LogP contribution in [0.15, 0.2) is 140 Å². The number of hydrogen-bond donors (Lipinski definition) is 1. The number of phenols is 1. The summed E-state index contributed by atoms with van der Waals surface area (Å²) in [7, 11) is 0. The molecule has 2 aromatic heterocycles. The molecule has 0 amide bonds. The Bertz CT molecular complexity index is 3090. The van der Waals surface area contributed by atoms with E-state index >= 15 is 0 Å². The van der Waals surface area contributed by atoms with Crippen molar-refractivity contribution in [1.82, 2.24) is 14.5 Å². The zero-order valence-electron chi connectivity index (χ0n) is 41.4. The summed E-state index contributed by atoms with van der Waals surface area (Å²) in [6.07, 6.45) is 2.61. The van der Waals surface area contributed by atoms with Gasteiger partial charge in [-0.1, -0.05) is 164 Å². The van der Waals surface area contributed by atoms with Crippen LogP contribution in [0.3, 0.4) is 0 Å². The summed E-state index contributed by atoms with van der Waals surface area (Å²) in [6, 6.07) is 37.2. The molecule has 61 heavy (non-hydrogen) atoms. The second-order valence-electron chi connectivity index (χ2n) is 17.6. The molecule has 0 aliphatic rings. The minimum atomic E-state index is -0.434. The minimum Gasteiger partial charge on any atom is -0.507 e. The summed E-state index contributed by atoms with van der Waals surface area (Å²) in [6.45, 7) is 19.5. The van der Waals surface area contributed by atoms with E-state index in [1.54, 1.807) is 18.3 Å². The maximum Gasteiger partial charge on any atom is 0.148 e. The number of benzene rings is 6. The Morgan fingerprint density at radius 1 is 0.705 bits per heavy atom. The third-order valence-corrected chi connectivity index (χ3v) is 11.8. The number of imidazole rings is 1. The molecule has 2 heterocycles. The monoisotopic (exact) mass is 986 g/mol. The van der Waals surface area contributed by atoms with Crippen LogP contribution < -0.4 is 0 Å². The van der Waals surface area contributed by atoms with Gasteiger partial charge in [-0.15, -0.1) is 29.3 Å². The van der Waals surface area contributed by atoms with Crippen LogP contribution in [0.1, 0.15) is 116 Å². The Labute approximate surface area is 384 Å². The number of para-hydroxylation sites is 1. The number of aromatic nitrogens is 3. The first-order valence-electron chi connectivity index (χ1n) is 23.6. The molecule has 0 bridgehead atoms. The van der Waals surface area contributed by atoms with Gasteiger partial charge in [-0.25, -0.2) is 4.98 Å². The first kappa shape index (κ1) is 37.2. The molecule has 0 fully saturated rings. The number of hydrogen-bond acceptors (Lipinski definition) is 3. The van der Waals surface area contributed by atoms with Crippen LogP contribution in [0.5, 0.6) is 5.75 Å². The summed E-state index contributed by atoms with van der Waals surface area (Å²) >= 11 is 0. The Morgan fingerprint density at radius 3 is 2.11 bits per heavy atom. The maximum atomic E-state index is 12.3. The second-order valence-corrected chi connectivity index (χ2v) is 17.6. The fourth-order valence-electron chi connectivity index (χ4n) is 7.92. The van der Waals surface area contributed by atoms with Crippen LogP contribution in [-0.4, -0.2) is 19.6 Å². The first-order valence-corrected chi connectivity index (χ1v) is 21.1. The Balaban J connectivity index is 0.00000648.